The number of aliphatic hydroxyl groups is 2. The number of hydrogen-bond acceptors (Lipinski definition) is 7. The lowest BCUT2D eigenvalue weighted by molar-refractivity contribution is -0.0206. The number of amides is 2. The smallest absolute Gasteiger partial charge is 0.315 e. The van der Waals surface area contributed by atoms with Gasteiger partial charge in [-0.1, -0.05) is 6.07 Å². The molecular formula is C19H33Cl2N5O4. The Balaban J connectivity index is 0.00000225. The summed E-state index contributed by atoms with van der Waals surface area (Å²) in [5.41, 5.74) is 0. The zero-order valence-electron chi connectivity index (χ0n) is 17.3. The summed E-state index contributed by atoms with van der Waals surface area (Å²) in [6.07, 6.45) is -0.0388. The topological polar surface area (TPSA) is 110 Å². The first-order chi connectivity index (χ1) is 13.5. The number of urea groups is 1. The molecule has 1 aromatic rings. The molecule has 0 spiro atoms. The molecule has 2 aliphatic heterocycles. The lowest BCUT2D eigenvalue weighted by atomic mass is 10.0. The van der Waals surface area contributed by atoms with E-state index in [1.165, 1.54) is 0 Å². The fourth-order valence-corrected chi connectivity index (χ4v) is 3.89. The SMILES string of the molecule is CC(C)NC(=O)NC[C@H]1O[C@@H](CO)[C@@H](O)[C@H]1N1CCN(c2ccccn2)CC1.Cl.Cl. The first kappa shape index (κ1) is 26.7. The first-order valence-electron chi connectivity index (χ1n) is 9.88. The summed E-state index contributed by atoms with van der Waals surface area (Å²) in [7, 11) is 0. The summed E-state index contributed by atoms with van der Waals surface area (Å²) < 4.78 is 5.85. The number of nitrogens with one attached hydrogen (secondary N) is 2. The highest BCUT2D eigenvalue weighted by molar-refractivity contribution is 5.85. The van der Waals surface area contributed by atoms with E-state index in [4.69, 9.17) is 4.74 Å². The van der Waals surface area contributed by atoms with E-state index < -0.39 is 12.2 Å². The molecule has 2 saturated heterocycles. The predicted octanol–water partition coefficient (Wildman–Crippen LogP) is 0.244. The van der Waals surface area contributed by atoms with Gasteiger partial charge in [-0.3, -0.25) is 4.90 Å². The fourth-order valence-electron chi connectivity index (χ4n) is 3.89. The maximum atomic E-state index is 11.9. The summed E-state index contributed by atoms with van der Waals surface area (Å²) in [6, 6.07) is 5.36. The van der Waals surface area contributed by atoms with Crippen molar-refractivity contribution in [3.05, 3.63) is 24.4 Å². The number of nitrogens with zero attached hydrogens (tertiary/aromatic N) is 3. The predicted molar refractivity (Wildman–Crippen MR) is 120 cm³/mol. The van der Waals surface area contributed by atoms with Crippen molar-refractivity contribution < 1.29 is 19.7 Å². The van der Waals surface area contributed by atoms with Crippen LogP contribution in [0.2, 0.25) is 0 Å². The monoisotopic (exact) mass is 465 g/mol. The van der Waals surface area contributed by atoms with E-state index in [1.807, 2.05) is 32.0 Å². The molecule has 0 saturated carbocycles. The Kier molecular flexibility index (Phi) is 11.1. The number of pyridine rings is 1. The number of aliphatic hydroxyl groups excluding tert-OH is 2. The normalized spacial score (nSPS) is 26.6. The van der Waals surface area contributed by atoms with Crippen LogP contribution in [0.3, 0.4) is 0 Å². The zero-order chi connectivity index (χ0) is 20.1. The molecular weight excluding hydrogens is 433 g/mol. The molecule has 9 nitrogen and oxygen atoms in total. The van der Waals surface area contributed by atoms with Gasteiger partial charge in [-0.15, -0.1) is 24.8 Å². The molecule has 0 radical (unpaired) electrons. The van der Waals surface area contributed by atoms with Gasteiger partial charge in [0.25, 0.3) is 0 Å². The summed E-state index contributed by atoms with van der Waals surface area (Å²) in [4.78, 5) is 20.7. The molecule has 0 aliphatic carbocycles. The minimum absolute atomic E-state index is 0. The van der Waals surface area contributed by atoms with Gasteiger partial charge >= 0.3 is 6.03 Å². The largest absolute Gasteiger partial charge is 0.394 e. The van der Waals surface area contributed by atoms with Crippen molar-refractivity contribution >= 4 is 36.7 Å². The first-order valence-corrected chi connectivity index (χ1v) is 9.88. The summed E-state index contributed by atoms with van der Waals surface area (Å²) in [6.45, 7) is 6.87. The molecule has 172 valence electrons. The van der Waals surface area contributed by atoms with Crippen molar-refractivity contribution in [1.82, 2.24) is 20.5 Å². The van der Waals surface area contributed by atoms with Gasteiger partial charge in [-0.2, -0.15) is 0 Å². The Labute approximate surface area is 190 Å². The van der Waals surface area contributed by atoms with Crippen molar-refractivity contribution in [1.29, 1.82) is 0 Å². The number of rotatable bonds is 6. The second-order valence-corrected chi connectivity index (χ2v) is 7.60. The fraction of sp³-hybridized carbons (Fsp3) is 0.684. The Hall–Kier alpha value is -1.36. The molecule has 0 bridgehead atoms. The van der Waals surface area contributed by atoms with Crippen LogP contribution in [0.5, 0.6) is 0 Å². The number of carbonyl (C=O) groups is 1. The van der Waals surface area contributed by atoms with Gasteiger partial charge < -0.3 is 30.5 Å². The van der Waals surface area contributed by atoms with E-state index in [1.54, 1.807) is 6.20 Å². The molecule has 4 N–H and O–H groups in total. The number of piperazine rings is 1. The maximum Gasteiger partial charge on any atom is 0.315 e. The van der Waals surface area contributed by atoms with E-state index in [0.29, 0.717) is 0 Å². The minimum atomic E-state index is -0.800. The molecule has 0 unspecified atom stereocenters. The number of aromatic nitrogens is 1. The van der Waals surface area contributed by atoms with Crippen LogP contribution in [0, 0.1) is 0 Å². The standard InChI is InChI=1S/C19H31N5O4.2ClH/c1-13(2)22-19(27)21-11-14-17(18(26)15(12-25)28-14)24-9-7-23(8-10-24)16-5-3-4-6-20-16;;/h3-6,13-15,17-18,25-26H,7-12H2,1-2H3,(H2,21,22,27);2*1H/t14-,15+,17+,18-;;/m1../s1. The summed E-state index contributed by atoms with van der Waals surface area (Å²) >= 11 is 0. The van der Waals surface area contributed by atoms with Crippen molar-refractivity contribution in [2.24, 2.45) is 0 Å². The third kappa shape index (κ3) is 6.57. The lowest BCUT2D eigenvalue weighted by Crippen LogP contribution is -2.58. The molecule has 2 fully saturated rings. The average molecular weight is 466 g/mol. The van der Waals surface area contributed by atoms with Gasteiger partial charge in [0.1, 0.15) is 18.0 Å². The van der Waals surface area contributed by atoms with Crippen molar-refractivity contribution in [2.75, 3.05) is 44.2 Å². The van der Waals surface area contributed by atoms with Crippen LogP contribution in [0.25, 0.3) is 0 Å². The second-order valence-electron chi connectivity index (χ2n) is 7.60. The van der Waals surface area contributed by atoms with Crippen LogP contribution in [-0.2, 0) is 4.74 Å². The third-order valence-corrected chi connectivity index (χ3v) is 5.23. The van der Waals surface area contributed by atoms with Crippen LogP contribution >= 0.6 is 24.8 Å². The van der Waals surface area contributed by atoms with E-state index in [-0.39, 0.29) is 62.2 Å². The third-order valence-electron chi connectivity index (χ3n) is 5.23. The second kappa shape index (κ2) is 12.5. The van der Waals surface area contributed by atoms with E-state index >= 15 is 0 Å². The van der Waals surface area contributed by atoms with Crippen LogP contribution in [-0.4, -0.2) is 95.9 Å². The maximum absolute atomic E-state index is 11.9. The van der Waals surface area contributed by atoms with Gasteiger partial charge in [0, 0.05) is 45.0 Å². The zero-order valence-corrected chi connectivity index (χ0v) is 18.9. The number of ether oxygens (including phenoxy) is 1. The van der Waals surface area contributed by atoms with Gasteiger partial charge in [-0.05, 0) is 26.0 Å². The van der Waals surface area contributed by atoms with E-state index in [0.717, 1.165) is 32.0 Å². The van der Waals surface area contributed by atoms with Crippen molar-refractivity contribution in [2.45, 2.75) is 44.2 Å². The molecule has 0 aromatic carbocycles. The van der Waals surface area contributed by atoms with Gasteiger partial charge in [0.2, 0.25) is 0 Å². The number of anilines is 1. The van der Waals surface area contributed by atoms with Crippen molar-refractivity contribution in [3.8, 4) is 0 Å². The van der Waals surface area contributed by atoms with Gasteiger partial charge in [0.15, 0.2) is 0 Å². The molecule has 2 aliphatic rings. The van der Waals surface area contributed by atoms with E-state index in [2.05, 4.69) is 25.4 Å². The molecule has 2 amide bonds. The highest BCUT2D eigenvalue weighted by Gasteiger charge is 2.46. The van der Waals surface area contributed by atoms with Crippen LogP contribution < -0.4 is 15.5 Å². The quantitative estimate of drug-likeness (QED) is 0.476. The van der Waals surface area contributed by atoms with E-state index in [9.17, 15) is 15.0 Å². The highest BCUT2D eigenvalue weighted by atomic mass is 35.5. The summed E-state index contributed by atoms with van der Waals surface area (Å²) in [5, 5.41) is 25.8. The Morgan fingerprint density at radius 3 is 2.50 bits per heavy atom. The Morgan fingerprint density at radius 2 is 1.93 bits per heavy atom. The molecule has 3 heterocycles. The summed E-state index contributed by atoms with van der Waals surface area (Å²) in [5.74, 6) is 0.946. The highest BCUT2D eigenvalue weighted by Crippen LogP contribution is 2.27. The number of halogens is 2. The van der Waals surface area contributed by atoms with Crippen LogP contribution in [0.1, 0.15) is 13.8 Å². The Bertz CT molecular complexity index is 635. The molecule has 30 heavy (non-hydrogen) atoms. The molecule has 4 atom stereocenters. The molecule has 1 aromatic heterocycles. The lowest BCUT2D eigenvalue weighted by Gasteiger charge is -2.40. The van der Waals surface area contributed by atoms with Crippen LogP contribution in [0.4, 0.5) is 10.6 Å². The van der Waals surface area contributed by atoms with Crippen LogP contribution in [0.15, 0.2) is 24.4 Å². The average Bonchev–Trinajstić information content (AvgIpc) is 3.02. The number of carbonyl (C=O) groups excluding carboxylic acids is 1. The molecule has 3 rings (SSSR count). The van der Waals surface area contributed by atoms with Gasteiger partial charge in [-0.25, -0.2) is 9.78 Å². The minimum Gasteiger partial charge on any atom is -0.394 e. The molecule has 11 heteroatoms. The van der Waals surface area contributed by atoms with Crippen molar-refractivity contribution in [3.63, 3.8) is 0 Å². The van der Waals surface area contributed by atoms with Gasteiger partial charge in [0.05, 0.1) is 18.8 Å². The Morgan fingerprint density at radius 1 is 1.23 bits per heavy atom. The number of hydrogen-bond donors (Lipinski definition) is 4.